The summed E-state index contributed by atoms with van der Waals surface area (Å²) in [4.78, 5) is 16.0. The molecule has 0 spiro atoms. The van der Waals surface area contributed by atoms with Crippen LogP contribution in [0.2, 0.25) is 0 Å². The average molecular weight is 291 g/mol. The van der Waals surface area contributed by atoms with E-state index >= 15 is 0 Å². The molecular weight excluding hydrogens is 274 g/mol. The summed E-state index contributed by atoms with van der Waals surface area (Å²) >= 11 is 1.61. The standard InChI is InChI=1S/C14H17N3O2S/c1-10-9-20-13(16-10)7-8-15-14(18)17-11-3-5-12(19-2)6-4-11/h3-6,9H,7-8H2,1-2H3,(H2,15,17,18). The van der Waals surface area contributed by atoms with E-state index in [-0.39, 0.29) is 6.03 Å². The Kier molecular flexibility index (Phi) is 4.95. The lowest BCUT2D eigenvalue weighted by Gasteiger charge is -2.07. The highest BCUT2D eigenvalue weighted by Crippen LogP contribution is 2.14. The average Bonchev–Trinajstić information content (AvgIpc) is 2.85. The van der Waals surface area contributed by atoms with Gasteiger partial charge >= 0.3 is 6.03 Å². The van der Waals surface area contributed by atoms with Gasteiger partial charge in [0, 0.05) is 29.7 Å². The second kappa shape index (κ2) is 6.91. The minimum atomic E-state index is -0.219. The van der Waals surface area contributed by atoms with Crippen molar-refractivity contribution in [2.24, 2.45) is 0 Å². The summed E-state index contributed by atoms with van der Waals surface area (Å²) in [6.07, 6.45) is 0.745. The Morgan fingerprint density at radius 3 is 2.70 bits per heavy atom. The minimum absolute atomic E-state index is 0.219. The molecule has 2 rings (SSSR count). The van der Waals surface area contributed by atoms with E-state index in [0.29, 0.717) is 6.54 Å². The number of thiazole rings is 1. The summed E-state index contributed by atoms with van der Waals surface area (Å²) < 4.78 is 5.06. The van der Waals surface area contributed by atoms with Crippen LogP contribution in [0.5, 0.6) is 5.75 Å². The molecule has 0 atom stereocenters. The van der Waals surface area contributed by atoms with Gasteiger partial charge in [-0.05, 0) is 31.2 Å². The third-order valence-corrected chi connectivity index (χ3v) is 3.67. The largest absolute Gasteiger partial charge is 0.497 e. The third kappa shape index (κ3) is 4.24. The van der Waals surface area contributed by atoms with E-state index in [1.165, 1.54) is 0 Å². The van der Waals surface area contributed by atoms with Crippen LogP contribution < -0.4 is 15.4 Å². The van der Waals surface area contributed by atoms with E-state index in [1.807, 2.05) is 12.3 Å². The first-order chi connectivity index (χ1) is 9.67. The van der Waals surface area contributed by atoms with Crippen LogP contribution in [-0.2, 0) is 6.42 Å². The molecule has 106 valence electrons. The number of ether oxygens (including phenoxy) is 1. The van der Waals surface area contributed by atoms with Gasteiger partial charge < -0.3 is 15.4 Å². The van der Waals surface area contributed by atoms with E-state index in [9.17, 15) is 4.79 Å². The molecule has 1 aromatic heterocycles. The number of carbonyl (C=O) groups is 1. The Labute approximate surface area is 122 Å². The van der Waals surface area contributed by atoms with Crippen molar-refractivity contribution in [2.45, 2.75) is 13.3 Å². The smallest absolute Gasteiger partial charge is 0.319 e. The number of hydrogen-bond acceptors (Lipinski definition) is 4. The molecule has 2 N–H and O–H groups in total. The molecule has 0 bridgehead atoms. The number of rotatable bonds is 5. The van der Waals surface area contributed by atoms with Crippen LogP contribution in [0.15, 0.2) is 29.6 Å². The molecule has 0 aliphatic carbocycles. The highest BCUT2D eigenvalue weighted by atomic mass is 32.1. The molecule has 1 aromatic carbocycles. The molecule has 2 aromatic rings. The summed E-state index contributed by atoms with van der Waals surface area (Å²) in [6.45, 7) is 2.53. The molecule has 5 nitrogen and oxygen atoms in total. The van der Waals surface area contributed by atoms with Crippen molar-refractivity contribution in [1.82, 2.24) is 10.3 Å². The SMILES string of the molecule is COc1ccc(NC(=O)NCCc2nc(C)cs2)cc1. The van der Waals surface area contributed by atoms with Crippen molar-refractivity contribution >= 4 is 23.1 Å². The zero-order valence-corrected chi connectivity index (χ0v) is 12.3. The van der Waals surface area contributed by atoms with Crippen LogP contribution in [0.25, 0.3) is 0 Å². The number of benzene rings is 1. The molecule has 0 saturated heterocycles. The molecule has 0 fully saturated rings. The minimum Gasteiger partial charge on any atom is -0.497 e. The third-order valence-electron chi connectivity index (χ3n) is 2.64. The molecule has 0 aliphatic heterocycles. The second-order valence-corrected chi connectivity index (χ2v) is 5.18. The van der Waals surface area contributed by atoms with Gasteiger partial charge in [-0.1, -0.05) is 0 Å². The predicted octanol–water partition coefficient (Wildman–Crippen LogP) is 2.82. The lowest BCUT2D eigenvalue weighted by Crippen LogP contribution is -2.30. The van der Waals surface area contributed by atoms with Crippen LogP contribution in [0.1, 0.15) is 10.7 Å². The first-order valence-electron chi connectivity index (χ1n) is 6.27. The van der Waals surface area contributed by atoms with Crippen LogP contribution >= 0.6 is 11.3 Å². The van der Waals surface area contributed by atoms with E-state index in [0.717, 1.165) is 28.6 Å². The van der Waals surface area contributed by atoms with Gasteiger partial charge in [0.15, 0.2) is 0 Å². The van der Waals surface area contributed by atoms with Crippen molar-refractivity contribution in [2.75, 3.05) is 19.0 Å². The topological polar surface area (TPSA) is 63.2 Å². The van der Waals surface area contributed by atoms with Crippen LogP contribution in [0.4, 0.5) is 10.5 Å². The Hall–Kier alpha value is -2.08. The number of nitrogens with zero attached hydrogens (tertiary/aromatic N) is 1. The Morgan fingerprint density at radius 2 is 2.10 bits per heavy atom. The zero-order valence-electron chi connectivity index (χ0n) is 11.5. The number of hydrogen-bond donors (Lipinski definition) is 2. The molecule has 1 heterocycles. The molecule has 0 saturated carbocycles. The summed E-state index contributed by atoms with van der Waals surface area (Å²) in [5.74, 6) is 0.759. The molecule has 2 amide bonds. The quantitative estimate of drug-likeness (QED) is 0.890. The number of aromatic nitrogens is 1. The monoisotopic (exact) mass is 291 g/mol. The first kappa shape index (κ1) is 14.3. The molecule has 0 unspecified atom stereocenters. The number of urea groups is 1. The normalized spacial score (nSPS) is 10.1. The summed E-state index contributed by atoms with van der Waals surface area (Å²) in [6, 6.07) is 6.97. The van der Waals surface area contributed by atoms with Crippen molar-refractivity contribution in [1.29, 1.82) is 0 Å². The van der Waals surface area contributed by atoms with Gasteiger partial charge in [0.25, 0.3) is 0 Å². The zero-order chi connectivity index (χ0) is 14.4. The van der Waals surface area contributed by atoms with Crippen molar-refractivity contribution in [3.8, 4) is 5.75 Å². The van der Waals surface area contributed by atoms with E-state index in [1.54, 1.807) is 42.7 Å². The Balaban J connectivity index is 1.74. The number of methoxy groups -OCH3 is 1. The van der Waals surface area contributed by atoms with E-state index in [4.69, 9.17) is 4.74 Å². The van der Waals surface area contributed by atoms with Gasteiger partial charge in [0.2, 0.25) is 0 Å². The van der Waals surface area contributed by atoms with Gasteiger partial charge in [0.05, 0.1) is 12.1 Å². The maximum atomic E-state index is 11.7. The van der Waals surface area contributed by atoms with Crippen molar-refractivity contribution in [3.05, 3.63) is 40.3 Å². The van der Waals surface area contributed by atoms with Crippen molar-refractivity contribution < 1.29 is 9.53 Å². The fourth-order valence-corrected chi connectivity index (χ4v) is 2.43. The predicted molar refractivity (Wildman–Crippen MR) is 80.6 cm³/mol. The van der Waals surface area contributed by atoms with E-state index < -0.39 is 0 Å². The number of carbonyl (C=O) groups excluding carboxylic acids is 1. The maximum Gasteiger partial charge on any atom is 0.319 e. The highest BCUT2D eigenvalue weighted by Gasteiger charge is 2.03. The molecule has 20 heavy (non-hydrogen) atoms. The number of aryl methyl sites for hydroxylation is 1. The van der Waals surface area contributed by atoms with Crippen LogP contribution in [-0.4, -0.2) is 24.7 Å². The lowest BCUT2D eigenvalue weighted by atomic mass is 10.3. The molecule has 6 heteroatoms. The summed E-state index contributed by atoms with van der Waals surface area (Å²) in [7, 11) is 1.61. The van der Waals surface area contributed by atoms with Gasteiger partial charge in [-0.15, -0.1) is 11.3 Å². The highest BCUT2D eigenvalue weighted by molar-refractivity contribution is 7.09. The van der Waals surface area contributed by atoms with Crippen molar-refractivity contribution in [3.63, 3.8) is 0 Å². The number of amides is 2. The van der Waals surface area contributed by atoms with Gasteiger partial charge in [-0.2, -0.15) is 0 Å². The second-order valence-electron chi connectivity index (χ2n) is 4.24. The molecule has 0 aliphatic rings. The maximum absolute atomic E-state index is 11.7. The van der Waals surface area contributed by atoms with Gasteiger partial charge in [0.1, 0.15) is 5.75 Å². The van der Waals surface area contributed by atoms with Gasteiger partial charge in [-0.25, -0.2) is 9.78 Å². The summed E-state index contributed by atoms with van der Waals surface area (Å²) in [5, 5.41) is 8.61. The van der Waals surface area contributed by atoms with E-state index in [2.05, 4.69) is 15.6 Å². The summed E-state index contributed by atoms with van der Waals surface area (Å²) in [5.41, 5.74) is 1.75. The molecular formula is C14H17N3O2S. The number of anilines is 1. The fourth-order valence-electron chi connectivity index (χ4n) is 1.65. The lowest BCUT2D eigenvalue weighted by molar-refractivity contribution is 0.252. The van der Waals surface area contributed by atoms with Crippen LogP contribution in [0, 0.1) is 6.92 Å². The Bertz CT molecular complexity index is 566. The number of nitrogens with one attached hydrogen (secondary N) is 2. The van der Waals surface area contributed by atoms with Gasteiger partial charge in [-0.3, -0.25) is 0 Å². The Morgan fingerprint density at radius 1 is 1.35 bits per heavy atom. The van der Waals surface area contributed by atoms with Crippen LogP contribution in [0.3, 0.4) is 0 Å². The first-order valence-corrected chi connectivity index (χ1v) is 7.15. The fraction of sp³-hybridized carbons (Fsp3) is 0.286. The molecule has 0 radical (unpaired) electrons.